The van der Waals surface area contributed by atoms with Gasteiger partial charge in [-0.25, -0.2) is 4.39 Å². The Bertz CT molecular complexity index is 381. The molecular weight excluding hydrogens is 213 g/mol. The summed E-state index contributed by atoms with van der Waals surface area (Å²) in [6, 6.07) is 4.25. The zero-order valence-electron chi connectivity index (χ0n) is 8.94. The van der Waals surface area contributed by atoms with Crippen LogP contribution in [-0.4, -0.2) is 17.6 Å². The normalized spacial score (nSPS) is 12.2. The second kappa shape index (κ2) is 5.46. The number of halogens is 1. The van der Waals surface area contributed by atoms with Gasteiger partial charge in [-0.05, 0) is 6.07 Å². The Kier molecular flexibility index (Phi) is 4.25. The standard InChI is InChI=1S/C11H14FNO3/c1-7(11(13)15)6-16-10-8(5-14)3-2-4-9(10)12/h2-4,7,14H,5-6H2,1H3,(H2,13,15). The Balaban J connectivity index is 2.76. The molecule has 0 saturated heterocycles. The van der Waals surface area contributed by atoms with E-state index in [9.17, 15) is 9.18 Å². The van der Waals surface area contributed by atoms with Crippen LogP contribution in [0.4, 0.5) is 4.39 Å². The number of carbonyl (C=O) groups excluding carboxylic acids is 1. The van der Waals surface area contributed by atoms with Crippen molar-refractivity contribution in [2.45, 2.75) is 13.5 Å². The zero-order valence-corrected chi connectivity index (χ0v) is 8.94. The van der Waals surface area contributed by atoms with E-state index in [1.165, 1.54) is 12.1 Å². The molecule has 5 heteroatoms. The van der Waals surface area contributed by atoms with Gasteiger partial charge in [-0.15, -0.1) is 0 Å². The fraction of sp³-hybridized carbons (Fsp3) is 0.364. The molecule has 0 spiro atoms. The summed E-state index contributed by atoms with van der Waals surface area (Å²) >= 11 is 0. The minimum absolute atomic E-state index is 0.0106. The van der Waals surface area contributed by atoms with Gasteiger partial charge in [0.2, 0.25) is 5.91 Å². The summed E-state index contributed by atoms with van der Waals surface area (Å²) in [5, 5.41) is 8.98. The molecule has 1 aromatic rings. The molecule has 0 aliphatic rings. The fourth-order valence-corrected chi connectivity index (χ4v) is 1.13. The Morgan fingerprint density at radius 1 is 1.62 bits per heavy atom. The van der Waals surface area contributed by atoms with Gasteiger partial charge >= 0.3 is 0 Å². The molecule has 0 aliphatic heterocycles. The van der Waals surface area contributed by atoms with Crippen molar-refractivity contribution in [3.05, 3.63) is 29.6 Å². The van der Waals surface area contributed by atoms with E-state index in [1.54, 1.807) is 13.0 Å². The van der Waals surface area contributed by atoms with Crippen molar-refractivity contribution in [3.63, 3.8) is 0 Å². The van der Waals surface area contributed by atoms with Crippen molar-refractivity contribution < 1.29 is 19.0 Å². The van der Waals surface area contributed by atoms with E-state index in [1.807, 2.05) is 0 Å². The van der Waals surface area contributed by atoms with Gasteiger partial charge in [0.25, 0.3) is 0 Å². The number of para-hydroxylation sites is 1. The van der Waals surface area contributed by atoms with Crippen LogP contribution < -0.4 is 10.5 Å². The van der Waals surface area contributed by atoms with E-state index in [2.05, 4.69) is 0 Å². The maximum atomic E-state index is 13.3. The molecule has 0 aliphatic carbocycles. The Labute approximate surface area is 92.8 Å². The third-order valence-corrected chi connectivity index (χ3v) is 2.18. The zero-order chi connectivity index (χ0) is 12.1. The van der Waals surface area contributed by atoms with Gasteiger partial charge in [-0.1, -0.05) is 19.1 Å². The first-order chi connectivity index (χ1) is 7.56. The van der Waals surface area contributed by atoms with E-state index in [4.69, 9.17) is 15.6 Å². The molecule has 0 heterocycles. The summed E-state index contributed by atoms with van der Waals surface area (Å²) in [6.45, 7) is 1.25. The van der Waals surface area contributed by atoms with E-state index in [0.29, 0.717) is 5.56 Å². The largest absolute Gasteiger partial charge is 0.489 e. The van der Waals surface area contributed by atoms with Crippen molar-refractivity contribution in [2.75, 3.05) is 6.61 Å². The predicted octanol–water partition coefficient (Wildman–Crippen LogP) is 0.818. The lowest BCUT2D eigenvalue weighted by Gasteiger charge is -2.13. The molecule has 0 bridgehead atoms. The molecule has 1 atom stereocenters. The summed E-state index contributed by atoms with van der Waals surface area (Å²) in [6.07, 6.45) is 0. The van der Waals surface area contributed by atoms with Crippen LogP contribution in [0.15, 0.2) is 18.2 Å². The number of benzene rings is 1. The number of aliphatic hydroxyl groups excluding tert-OH is 1. The van der Waals surface area contributed by atoms with Gasteiger partial charge < -0.3 is 15.6 Å². The van der Waals surface area contributed by atoms with Crippen molar-refractivity contribution in [1.82, 2.24) is 0 Å². The molecule has 4 nitrogen and oxygen atoms in total. The molecule has 1 aromatic carbocycles. The minimum Gasteiger partial charge on any atom is -0.489 e. The van der Waals surface area contributed by atoms with Crippen LogP contribution >= 0.6 is 0 Å². The fourth-order valence-electron chi connectivity index (χ4n) is 1.13. The summed E-state index contributed by atoms with van der Waals surface area (Å²) in [7, 11) is 0. The van der Waals surface area contributed by atoms with Crippen LogP contribution in [-0.2, 0) is 11.4 Å². The Hall–Kier alpha value is -1.62. The maximum Gasteiger partial charge on any atom is 0.223 e. The van der Waals surface area contributed by atoms with Crippen LogP contribution in [0, 0.1) is 11.7 Å². The number of carbonyl (C=O) groups is 1. The number of primary amides is 1. The van der Waals surface area contributed by atoms with Crippen molar-refractivity contribution in [3.8, 4) is 5.75 Å². The number of hydrogen-bond acceptors (Lipinski definition) is 3. The first-order valence-corrected chi connectivity index (χ1v) is 4.86. The molecule has 0 aromatic heterocycles. The average molecular weight is 227 g/mol. The molecule has 16 heavy (non-hydrogen) atoms. The third-order valence-electron chi connectivity index (χ3n) is 2.18. The lowest BCUT2D eigenvalue weighted by atomic mass is 10.2. The van der Waals surface area contributed by atoms with Gasteiger partial charge in [0.05, 0.1) is 19.1 Å². The number of ether oxygens (including phenoxy) is 1. The van der Waals surface area contributed by atoms with E-state index in [0.717, 1.165) is 0 Å². The van der Waals surface area contributed by atoms with E-state index in [-0.39, 0.29) is 19.0 Å². The SMILES string of the molecule is CC(COc1c(F)cccc1CO)C(N)=O. The maximum absolute atomic E-state index is 13.3. The molecule has 1 rings (SSSR count). The quantitative estimate of drug-likeness (QED) is 0.782. The van der Waals surface area contributed by atoms with Crippen LogP contribution in [0.2, 0.25) is 0 Å². The monoisotopic (exact) mass is 227 g/mol. The number of nitrogens with two attached hydrogens (primary N) is 1. The van der Waals surface area contributed by atoms with Crippen LogP contribution in [0.5, 0.6) is 5.75 Å². The van der Waals surface area contributed by atoms with Crippen LogP contribution in [0.25, 0.3) is 0 Å². The van der Waals surface area contributed by atoms with Gasteiger partial charge in [0.1, 0.15) is 0 Å². The molecule has 88 valence electrons. The van der Waals surface area contributed by atoms with Crippen LogP contribution in [0.1, 0.15) is 12.5 Å². The molecular formula is C11H14FNO3. The average Bonchev–Trinajstić information content (AvgIpc) is 2.26. The van der Waals surface area contributed by atoms with Crippen molar-refractivity contribution in [1.29, 1.82) is 0 Å². The number of hydrogen-bond donors (Lipinski definition) is 2. The van der Waals surface area contributed by atoms with Gasteiger partial charge in [-0.2, -0.15) is 0 Å². The Morgan fingerprint density at radius 2 is 2.31 bits per heavy atom. The highest BCUT2D eigenvalue weighted by atomic mass is 19.1. The second-order valence-corrected chi connectivity index (χ2v) is 3.50. The second-order valence-electron chi connectivity index (χ2n) is 3.50. The highest BCUT2D eigenvalue weighted by Gasteiger charge is 2.13. The summed E-state index contributed by atoms with van der Waals surface area (Å²) in [5.74, 6) is -1.62. The number of aliphatic hydroxyl groups is 1. The Morgan fingerprint density at radius 3 is 2.88 bits per heavy atom. The highest BCUT2D eigenvalue weighted by Crippen LogP contribution is 2.23. The first-order valence-electron chi connectivity index (χ1n) is 4.86. The van der Waals surface area contributed by atoms with Gasteiger partial charge in [0, 0.05) is 5.56 Å². The van der Waals surface area contributed by atoms with Gasteiger partial charge in [0.15, 0.2) is 11.6 Å². The lowest BCUT2D eigenvalue weighted by molar-refractivity contribution is -0.122. The van der Waals surface area contributed by atoms with Crippen molar-refractivity contribution >= 4 is 5.91 Å². The molecule has 0 saturated carbocycles. The summed E-state index contributed by atoms with van der Waals surface area (Å²) in [4.78, 5) is 10.8. The molecule has 3 N–H and O–H groups in total. The molecule has 0 radical (unpaired) electrons. The predicted molar refractivity (Wildman–Crippen MR) is 56.2 cm³/mol. The third kappa shape index (κ3) is 2.93. The lowest BCUT2D eigenvalue weighted by Crippen LogP contribution is -2.26. The van der Waals surface area contributed by atoms with Gasteiger partial charge in [-0.3, -0.25) is 4.79 Å². The molecule has 1 amide bonds. The first kappa shape index (κ1) is 12.4. The van der Waals surface area contributed by atoms with Crippen molar-refractivity contribution in [2.24, 2.45) is 11.7 Å². The molecule has 1 unspecified atom stereocenters. The van der Waals surface area contributed by atoms with E-state index >= 15 is 0 Å². The molecule has 0 fully saturated rings. The summed E-state index contributed by atoms with van der Waals surface area (Å²) < 4.78 is 18.5. The van der Waals surface area contributed by atoms with Crippen LogP contribution in [0.3, 0.4) is 0 Å². The smallest absolute Gasteiger partial charge is 0.223 e. The highest BCUT2D eigenvalue weighted by molar-refractivity contribution is 5.76. The van der Waals surface area contributed by atoms with E-state index < -0.39 is 17.6 Å². The minimum atomic E-state index is -0.566. The number of rotatable bonds is 5. The summed E-state index contributed by atoms with van der Waals surface area (Å²) in [5.41, 5.74) is 5.39. The topological polar surface area (TPSA) is 72.6 Å². The number of amides is 1.